The van der Waals surface area contributed by atoms with Gasteiger partial charge >= 0.3 is 5.97 Å². The molecule has 2 aromatic carbocycles. The Kier molecular flexibility index (Phi) is 9.52. The molecule has 0 bridgehead atoms. The molecule has 210 valence electrons. The summed E-state index contributed by atoms with van der Waals surface area (Å²) in [6.07, 6.45) is 1.86. The van der Waals surface area contributed by atoms with Gasteiger partial charge in [0, 0.05) is 23.2 Å². The average molecular weight is 557 g/mol. The SMILES string of the molecule is CCC(C)NS(=O)(=O)c1cc(NC(=O)C(CC)CC)ccc1Oc1c(C)c(C(=O)O)nn1-c1ccc(C)cc1. The number of benzene rings is 2. The number of rotatable bonds is 12. The van der Waals surface area contributed by atoms with Crippen molar-refractivity contribution in [3.63, 3.8) is 0 Å². The number of nitrogens with one attached hydrogen (secondary N) is 2. The van der Waals surface area contributed by atoms with E-state index in [2.05, 4.69) is 15.1 Å². The molecule has 1 aromatic heterocycles. The van der Waals surface area contributed by atoms with Gasteiger partial charge in [-0.2, -0.15) is 9.78 Å². The lowest BCUT2D eigenvalue weighted by Crippen LogP contribution is -2.32. The van der Waals surface area contributed by atoms with Gasteiger partial charge in [0.2, 0.25) is 21.8 Å². The van der Waals surface area contributed by atoms with Gasteiger partial charge in [0.05, 0.1) is 5.69 Å². The predicted octanol–water partition coefficient (Wildman–Crippen LogP) is 5.43. The van der Waals surface area contributed by atoms with Crippen LogP contribution in [0.3, 0.4) is 0 Å². The van der Waals surface area contributed by atoms with Gasteiger partial charge in [-0.1, -0.05) is 38.5 Å². The number of aromatic nitrogens is 2. The van der Waals surface area contributed by atoms with Crippen molar-refractivity contribution in [2.24, 2.45) is 5.92 Å². The first kappa shape index (κ1) is 29.9. The van der Waals surface area contributed by atoms with Crippen LogP contribution in [0.15, 0.2) is 47.4 Å². The minimum Gasteiger partial charge on any atom is -0.476 e. The summed E-state index contributed by atoms with van der Waals surface area (Å²) in [6.45, 7) is 10.9. The molecule has 0 spiro atoms. The zero-order chi connectivity index (χ0) is 28.9. The molecule has 0 aliphatic carbocycles. The van der Waals surface area contributed by atoms with Gasteiger partial charge in [0.15, 0.2) is 5.69 Å². The van der Waals surface area contributed by atoms with E-state index >= 15 is 0 Å². The lowest BCUT2D eigenvalue weighted by atomic mass is 10.0. The largest absolute Gasteiger partial charge is 0.476 e. The highest BCUT2D eigenvalue weighted by Crippen LogP contribution is 2.35. The van der Waals surface area contributed by atoms with Crippen LogP contribution in [-0.4, -0.2) is 41.2 Å². The Labute approximate surface area is 229 Å². The summed E-state index contributed by atoms with van der Waals surface area (Å²) in [5.74, 6) is -1.63. The second-order valence-corrected chi connectivity index (χ2v) is 11.2. The predicted molar refractivity (Wildman–Crippen MR) is 149 cm³/mol. The molecule has 39 heavy (non-hydrogen) atoms. The van der Waals surface area contributed by atoms with Crippen molar-refractivity contribution in [3.05, 3.63) is 59.3 Å². The van der Waals surface area contributed by atoms with Crippen LogP contribution in [0.25, 0.3) is 5.69 Å². The first-order chi connectivity index (χ1) is 18.4. The summed E-state index contributed by atoms with van der Waals surface area (Å²) in [4.78, 5) is 24.4. The van der Waals surface area contributed by atoms with Gasteiger partial charge in [-0.05, 0) is 70.4 Å². The van der Waals surface area contributed by atoms with Gasteiger partial charge in [-0.3, -0.25) is 4.79 Å². The van der Waals surface area contributed by atoms with Crippen LogP contribution in [0.2, 0.25) is 0 Å². The Morgan fingerprint density at radius 3 is 2.23 bits per heavy atom. The molecule has 0 aliphatic heterocycles. The third-order valence-corrected chi connectivity index (χ3v) is 8.19. The number of anilines is 1. The maximum Gasteiger partial charge on any atom is 0.356 e. The minimum absolute atomic E-state index is 0.0420. The highest BCUT2D eigenvalue weighted by atomic mass is 32.2. The fourth-order valence-electron chi connectivity index (χ4n) is 3.96. The third kappa shape index (κ3) is 6.85. The molecule has 0 radical (unpaired) electrons. The Morgan fingerprint density at radius 1 is 1.03 bits per heavy atom. The number of sulfonamides is 1. The molecule has 1 amide bonds. The zero-order valence-electron chi connectivity index (χ0n) is 23.1. The van der Waals surface area contributed by atoms with Crippen LogP contribution in [0.5, 0.6) is 11.6 Å². The van der Waals surface area contributed by atoms with Crippen molar-refractivity contribution >= 4 is 27.6 Å². The van der Waals surface area contributed by atoms with E-state index in [1.165, 1.54) is 16.8 Å². The monoisotopic (exact) mass is 556 g/mol. The molecular weight excluding hydrogens is 520 g/mol. The second kappa shape index (κ2) is 12.4. The van der Waals surface area contributed by atoms with Gasteiger partial charge < -0.3 is 15.2 Å². The lowest BCUT2D eigenvalue weighted by Gasteiger charge is -2.18. The maximum absolute atomic E-state index is 13.5. The molecular formula is C28H36N4O6S. The molecule has 1 heterocycles. The summed E-state index contributed by atoms with van der Waals surface area (Å²) in [6, 6.07) is 11.2. The number of carboxylic acids is 1. The van der Waals surface area contributed by atoms with Crippen LogP contribution in [0.4, 0.5) is 5.69 Å². The Morgan fingerprint density at radius 2 is 1.67 bits per heavy atom. The Bertz CT molecular complexity index is 1440. The van der Waals surface area contributed by atoms with Crippen molar-refractivity contribution in [2.45, 2.75) is 71.7 Å². The van der Waals surface area contributed by atoms with Gasteiger partial charge in [-0.25, -0.2) is 17.9 Å². The van der Waals surface area contributed by atoms with E-state index in [1.807, 2.05) is 39.8 Å². The average Bonchev–Trinajstić information content (AvgIpc) is 3.21. The number of carboxylic acid groups (broad SMARTS) is 1. The van der Waals surface area contributed by atoms with Gasteiger partial charge in [0.25, 0.3) is 0 Å². The lowest BCUT2D eigenvalue weighted by molar-refractivity contribution is -0.120. The smallest absolute Gasteiger partial charge is 0.356 e. The van der Waals surface area contributed by atoms with Gasteiger partial charge in [-0.15, -0.1) is 0 Å². The van der Waals surface area contributed by atoms with E-state index < -0.39 is 16.0 Å². The summed E-state index contributed by atoms with van der Waals surface area (Å²) < 4.78 is 37.0. The number of nitrogens with zero attached hydrogens (tertiary/aromatic N) is 2. The second-order valence-electron chi connectivity index (χ2n) is 9.53. The highest BCUT2D eigenvalue weighted by molar-refractivity contribution is 7.89. The zero-order valence-corrected chi connectivity index (χ0v) is 23.9. The number of carbonyl (C=O) groups excluding carboxylic acids is 1. The van der Waals surface area contributed by atoms with E-state index in [0.717, 1.165) is 5.56 Å². The molecule has 0 saturated carbocycles. The summed E-state index contributed by atoms with van der Waals surface area (Å²) in [7, 11) is -4.09. The van der Waals surface area contributed by atoms with Gasteiger partial charge in [0.1, 0.15) is 10.6 Å². The Balaban J connectivity index is 2.15. The van der Waals surface area contributed by atoms with Crippen LogP contribution in [-0.2, 0) is 14.8 Å². The molecule has 0 fully saturated rings. The molecule has 0 saturated heterocycles. The van der Waals surface area contributed by atoms with Crippen molar-refractivity contribution < 1.29 is 27.9 Å². The maximum atomic E-state index is 13.5. The number of aromatic carboxylic acids is 1. The van der Waals surface area contributed by atoms with E-state index in [9.17, 15) is 23.1 Å². The van der Waals surface area contributed by atoms with Crippen molar-refractivity contribution in [2.75, 3.05) is 5.32 Å². The van der Waals surface area contributed by atoms with Crippen molar-refractivity contribution in [1.82, 2.24) is 14.5 Å². The highest BCUT2D eigenvalue weighted by Gasteiger charge is 2.27. The molecule has 11 heteroatoms. The molecule has 3 rings (SSSR count). The Hall–Kier alpha value is -3.70. The first-order valence-electron chi connectivity index (χ1n) is 13.0. The van der Waals surface area contributed by atoms with E-state index in [1.54, 1.807) is 32.0 Å². The van der Waals surface area contributed by atoms with E-state index in [4.69, 9.17) is 4.74 Å². The number of carbonyl (C=O) groups is 2. The van der Waals surface area contributed by atoms with Crippen molar-refractivity contribution in [1.29, 1.82) is 0 Å². The minimum atomic E-state index is -4.09. The number of ether oxygens (including phenoxy) is 1. The molecule has 1 atom stereocenters. The topological polar surface area (TPSA) is 140 Å². The van der Waals surface area contributed by atoms with E-state index in [0.29, 0.717) is 30.6 Å². The fraction of sp³-hybridized carbons (Fsp3) is 0.393. The van der Waals surface area contributed by atoms with Crippen LogP contribution >= 0.6 is 0 Å². The molecule has 1 unspecified atom stereocenters. The number of amides is 1. The molecule has 0 aliphatic rings. The first-order valence-corrected chi connectivity index (χ1v) is 14.4. The normalized spacial score (nSPS) is 12.4. The number of aryl methyl sites for hydroxylation is 1. The molecule has 3 N–H and O–H groups in total. The quantitative estimate of drug-likeness (QED) is 0.270. The standard InChI is InChI=1S/C28H36N4O6S/c1-7-18(5)31-39(36,37)24-16-21(29-26(33)20(8-2)9-3)12-15-23(24)38-27-19(6)25(28(34)35)30-32(27)22-13-10-17(4)11-14-22/h10-16,18,20,31H,7-9H2,1-6H3,(H,29,33)(H,34,35). The van der Waals surface area contributed by atoms with Crippen LogP contribution < -0.4 is 14.8 Å². The van der Waals surface area contributed by atoms with Crippen LogP contribution in [0, 0.1) is 19.8 Å². The fourth-order valence-corrected chi connectivity index (χ4v) is 5.44. The van der Waals surface area contributed by atoms with Crippen molar-refractivity contribution in [3.8, 4) is 17.3 Å². The number of hydrogen-bond acceptors (Lipinski definition) is 6. The summed E-state index contributed by atoms with van der Waals surface area (Å²) in [5.41, 5.74) is 1.86. The number of hydrogen-bond donors (Lipinski definition) is 3. The molecule has 10 nitrogen and oxygen atoms in total. The third-order valence-electron chi connectivity index (χ3n) is 6.58. The van der Waals surface area contributed by atoms with Crippen LogP contribution in [0.1, 0.15) is 68.6 Å². The van der Waals surface area contributed by atoms with E-state index in [-0.39, 0.29) is 45.6 Å². The summed E-state index contributed by atoms with van der Waals surface area (Å²) in [5, 5.41) is 16.7. The summed E-state index contributed by atoms with van der Waals surface area (Å²) >= 11 is 0. The molecule has 3 aromatic rings.